The highest BCUT2D eigenvalue weighted by atomic mass is 35.5. The van der Waals surface area contributed by atoms with Gasteiger partial charge in [-0.25, -0.2) is 9.97 Å². The minimum Gasteiger partial charge on any atom is -0.495 e. The van der Waals surface area contributed by atoms with Crippen LogP contribution in [0.3, 0.4) is 0 Å². The SMILES string of the molecule is COc1cc(N2CCOCC2)ccc1N.COc1cc(N2CCOCC2)ccc1Nc1cc(Nc2cccnc2)c(C(F)(F)F)cn1.FC(F)(F)c1cnc(Cl)cc1Nc1cccnc1. The number of ether oxygens (including phenoxy) is 4. The van der Waals surface area contributed by atoms with E-state index in [1.165, 1.54) is 24.7 Å². The van der Waals surface area contributed by atoms with E-state index >= 15 is 0 Å². The monoisotopic (exact) mass is 926 g/mol. The van der Waals surface area contributed by atoms with Crippen molar-refractivity contribution in [2.45, 2.75) is 12.4 Å². The molecule has 6 aromatic rings. The number of halogens is 7. The Kier molecular flexibility index (Phi) is 16.3. The Morgan fingerprint density at radius 3 is 1.58 bits per heavy atom. The lowest BCUT2D eigenvalue weighted by molar-refractivity contribution is -0.138. The third-order valence-corrected chi connectivity index (χ3v) is 9.89. The van der Waals surface area contributed by atoms with Gasteiger partial charge in [-0.1, -0.05) is 11.6 Å². The molecule has 2 aliphatic rings. The Balaban J connectivity index is 0.000000178. The predicted molar refractivity (Wildman–Crippen MR) is 238 cm³/mol. The number of alkyl halides is 6. The summed E-state index contributed by atoms with van der Waals surface area (Å²) in [5.74, 6) is 1.53. The summed E-state index contributed by atoms with van der Waals surface area (Å²) in [5.41, 5.74) is 7.97. The van der Waals surface area contributed by atoms with Crippen molar-refractivity contribution in [3.8, 4) is 11.5 Å². The zero-order chi connectivity index (χ0) is 46.4. The molecule has 0 saturated carbocycles. The maximum absolute atomic E-state index is 13.5. The summed E-state index contributed by atoms with van der Waals surface area (Å²) in [6.07, 6.45) is -1.64. The number of rotatable bonds is 10. The second-order valence-electron chi connectivity index (χ2n) is 14.0. The number of methoxy groups -OCH3 is 2. The zero-order valence-electron chi connectivity index (χ0n) is 35.1. The summed E-state index contributed by atoms with van der Waals surface area (Å²) < 4.78 is 100. The number of nitrogen functional groups attached to an aromatic ring is 1. The number of hydrogen-bond donors (Lipinski definition) is 4. The van der Waals surface area contributed by atoms with E-state index in [1.54, 1.807) is 44.7 Å². The topological polar surface area (TPSA) is 157 Å². The van der Waals surface area contributed by atoms with E-state index in [-0.39, 0.29) is 22.3 Å². The van der Waals surface area contributed by atoms with Gasteiger partial charge >= 0.3 is 12.4 Å². The van der Waals surface area contributed by atoms with E-state index in [0.29, 0.717) is 47.9 Å². The van der Waals surface area contributed by atoms with Crippen LogP contribution < -0.4 is 41.0 Å². The lowest BCUT2D eigenvalue weighted by Gasteiger charge is -2.29. The minimum atomic E-state index is -4.56. The van der Waals surface area contributed by atoms with Gasteiger partial charge in [0.15, 0.2) is 0 Å². The van der Waals surface area contributed by atoms with Crippen LogP contribution in [0.15, 0.2) is 110 Å². The van der Waals surface area contributed by atoms with Crippen molar-refractivity contribution in [3.63, 3.8) is 0 Å². The second-order valence-corrected chi connectivity index (χ2v) is 14.4. The lowest BCUT2D eigenvalue weighted by Crippen LogP contribution is -2.36. The van der Waals surface area contributed by atoms with Crippen LogP contribution in [0, 0.1) is 0 Å². The summed E-state index contributed by atoms with van der Waals surface area (Å²) in [5, 5.41) is 8.42. The van der Waals surface area contributed by atoms with Crippen molar-refractivity contribution in [3.05, 3.63) is 126 Å². The second kappa shape index (κ2) is 22.2. The van der Waals surface area contributed by atoms with Crippen molar-refractivity contribution in [1.82, 2.24) is 19.9 Å². The van der Waals surface area contributed by atoms with E-state index < -0.39 is 23.5 Å². The molecular weight excluding hydrogens is 882 g/mol. The Morgan fingerprint density at radius 2 is 1.09 bits per heavy atom. The maximum Gasteiger partial charge on any atom is 0.419 e. The van der Waals surface area contributed by atoms with Gasteiger partial charge in [0.1, 0.15) is 22.5 Å². The molecule has 2 fully saturated rings. The minimum absolute atomic E-state index is 0.0191. The van der Waals surface area contributed by atoms with Gasteiger partial charge in [-0.05, 0) is 54.6 Å². The van der Waals surface area contributed by atoms with E-state index in [0.717, 1.165) is 68.8 Å². The quantitative estimate of drug-likeness (QED) is 0.0585. The number of nitrogens with one attached hydrogen (secondary N) is 3. The third kappa shape index (κ3) is 13.6. The van der Waals surface area contributed by atoms with Crippen LogP contribution in [0.5, 0.6) is 11.5 Å². The molecule has 65 heavy (non-hydrogen) atoms. The molecule has 4 aromatic heterocycles. The average Bonchev–Trinajstić information content (AvgIpc) is 3.30. The normalized spacial score (nSPS) is 13.9. The molecule has 0 spiro atoms. The van der Waals surface area contributed by atoms with Crippen LogP contribution in [-0.2, 0) is 21.8 Å². The number of morpholine rings is 2. The van der Waals surface area contributed by atoms with Gasteiger partial charge in [0.2, 0.25) is 0 Å². The molecule has 0 atom stereocenters. The number of pyridine rings is 4. The van der Waals surface area contributed by atoms with E-state index in [2.05, 4.69) is 45.7 Å². The molecule has 5 N–H and O–H groups in total. The van der Waals surface area contributed by atoms with Gasteiger partial charge in [-0.15, -0.1) is 0 Å². The van der Waals surface area contributed by atoms with Crippen molar-refractivity contribution >= 4 is 62.9 Å². The van der Waals surface area contributed by atoms with Crippen LogP contribution in [0.2, 0.25) is 5.15 Å². The zero-order valence-corrected chi connectivity index (χ0v) is 35.8. The number of benzene rings is 2. The highest BCUT2D eigenvalue weighted by molar-refractivity contribution is 6.29. The van der Waals surface area contributed by atoms with E-state index in [9.17, 15) is 26.3 Å². The van der Waals surface area contributed by atoms with Crippen molar-refractivity contribution in [2.75, 3.05) is 98.3 Å². The molecule has 2 aromatic carbocycles. The molecule has 6 heterocycles. The summed E-state index contributed by atoms with van der Waals surface area (Å²) in [6.45, 7) is 6.29. The van der Waals surface area contributed by atoms with Crippen LogP contribution >= 0.6 is 11.6 Å². The van der Waals surface area contributed by atoms with Gasteiger partial charge in [-0.3, -0.25) is 9.97 Å². The molecule has 0 bridgehead atoms. The molecule has 21 heteroatoms. The fourth-order valence-corrected chi connectivity index (χ4v) is 6.61. The fourth-order valence-electron chi connectivity index (χ4n) is 6.45. The first-order valence-electron chi connectivity index (χ1n) is 19.9. The number of anilines is 9. The predicted octanol–water partition coefficient (Wildman–Crippen LogP) is 9.83. The summed E-state index contributed by atoms with van der Waals surface area (Å²) in [6, 6.07) is 20.4. The first kappa shape index (κ1) is 47.7. The fraction of sp³-hybridized carbons (Fsp3) is 0.273. The molecule has 2 saturated heterocycles. The highest BCUT2D eigenvalue weighted by Crippen LogP contribution is 2.39. The molecule has 0 amide bonds. The van der Waals surface area contributed by atoms with Crippen molar-refractivity contribution in [1.29, 1.82) is 0 Å². The third-order valence-electron chi connectivity index (χ3n) is 9.68. The maximum atomic E-state index is 13.5. The van der Waals surface area contributed by atoms with Gasteiger partial charge in [0, 0.05) is 80.5 Å². The Labute approximate surface area is 375 Å². The number of nitrogens with two attached hydrogens (primary N) is 1. The molecule has 2 aliphatic heterocycles. The molecule has 0 radical (unpaired) electrons. The Bertz CT molecular complexity index is 2450. The van der Waals surface area contributed by atoms with Gasteiger partial charge < -0.3 is 50.4 Å². The average molecular weight is 927 g/mol. The molecular formula is C44H45ClF6N10O4. The van der Waals surface area contributed by atoms with Crippen LogP contribution in [0.25, 0.3) is 0 Å². The van der Waals surface area contributed by atoms with E-state index in [4.69, 9.17) is 36.3 Å². The Morgan fingerprint density at radius 1 is 0.600 bits per heavy atom. The molecule has 344 valence electrons. The molecule has 14 nitrogen and oxygen atoms in total. The summed E-state index contributed by atoms with van der Waals surface area (Å²) in [4.78, 5) is 19.6. The smallest absolute Gasteiger partial charge is 0.419 e. The lowest BCUT2D eigenvalue weighted by atomic mass is 10.2. The highest BCUT2D eigenvalue weighted by Gasteiger charge is 2.35. The molecule has 8 rings (SSSR count). The van der Waals surface area contributed by atoms with Crippen LogP contribution in [0.1, 0.15) is 11.1 Å². The van der Waals surface area contributed by atoms with Crippen molar-refractivity contribution < 1.29 is 45.3 Å². The number of hydrogen-bond acceptors (Lipinski definition) is 14. The standard InChI is InChI=1S/C22H22F3N5O2.C11H7ClF3N3.C11H16N2O2/c1-31-20-11-16(30-7-9-32-10-8-30)4-5-18(20)29-21-12-19(17(14-27-21)22(23,24)25)28-15-3-2-6-26-13-15;12-10-4-9(8(6-17-10)11(13,14)15)18-7-2-1-3-16-5-7;1-14-11-8-9(2-3-10(11)12)13-4-6-15-7-5-13/h2-6,11-14H,7-10H2,1H3,(H2,27,28,29);1-6H,(H,17,18);2-3,8H,4-7,12H2,1H3. The molecule has 0 unspecified atom stereocenters. The number of nitrogens with zero attached hydrogens (tertiary/aromatic N) is 6. The number of aromatic nitrogens is 4. The van der Waals surface area contributed by atoms with Gasteiger partial charge in [-0.2, -0.15) is 26.3 Å². The van der Waals surface area contributed by atoms with Gasteiger partial charge in [0.25, 0.3) is 0 Å². The largest absolute Gasteiger partial charge is 0.495 e. The Hall–Kier alpha value is -6.77. The summed E-state index contributed by atoms with van der Waals surface area (Å²) in [7, 11) is 3.17. The first-order chi connectivity index (χ1) is 31.2. The molecule has 0 aliphatic carbocycles. The summed E-state index contributed by atoms with van der Waals surface area (Å²) >= 11 is 5.60. The first-order valence-corrected chi connectivity index (χ1v) is 20.3. The van der Waals surface area contributed by atoms with Gasteiger partial charge in [0.05, 0.1) is 98.3 Å². The van der Waals surface area contributed by atoms with E-state index in [1.807, 2.05) is 36.4 Å². The van der Waals surface area contributed by atoms with Crippen LogP contribution in [0.4, 0.5) is 77.7 Å². The van der Waals surface area contributed by atoms with Crippen LogP contribution in [-0.4, -0.2) is 86.8 Å². The van der Waals surface area contributed by atoms with Crippen molar-refractivity contribution in [2.24, 2.45) is 0 Å².